The molecule has 44 heavy (non-hydrogen) atoms. The molecule has 0 unspecified atom stereocenters. The number of rotatable bonds is 8. The molecule has 8 bridgehead atoms. The van der Waals surface area contributed by atoms with Gasteiger partial charge in [-0.25, -0.2) is 9.97 Å². The molecule has 0 saturated carbocycles. The molecule has 0 atom stereocenters. The van der Waals surface area contributed by atoms with Gasteiger partial charge >= 0.3 is 11.9 Å². The Bertz CT molecular complexity index is 1950. The lowest BCUT2D eigenvalue weighted by molar-refractivity contribution is -0.137. The quantitative estimate of drug-likeness (QED) is 0.208. The Morgan fingerprint density at radius 1 is 0.636 bits per heavy atom. The van der Waals surface area contributed by atoms with E-state index in [4.69, 9.17) is 9.97 Å². The molecule has 0 aliphatic carbocycles. The number of H-pyrrole nitrogens is 2. The second-order valence-corrected chi connectivity index (χ2v) is 12.0. The SMILES string of the molecule is CCc1c(C)c2[nH]c1cc1nc(c(C)c3nc(cc4[nH]c(c(CC)c4C)c2C)C(C)=C3CCC(=O)O)C(CCC(=O)O)=C1C. The van der Waals surface area contributed by atoms with Crippen molar-refractivity contribution in [2.75, 3.05) is 0 Å². The molecule has 5 rings (SSSR count). The van der Waals surface area contributed by atoms with Gasteiger partial charge in [0.2, 0.25) is 0 Å². The highest BCUT2D eigenvalue weighted by atomic mass is 16.4. The van der Waals surface area contributed by atoms with Crippen LogP contribution in [-0.4, -0.2) is 42.1 Å². The fourth-order valence-corrected chi connectivity index (χ4v) is 6.87. The standard InChI is InChI=1S/C36H42N4O4/c1-9-23-20(6)33-21(7)34-24(10-2)17(3)27(37-34)15-28-18(4)25(11-13-31(41)42)35(38-28)22(8)36-26(12-14-32(43)44)19(5)29(39-36)16-30(23)40-33/h15-16,37,40H,9-14H2,1-8H3,(H,41,42)(H,43,44). The Morgan fingerprint density at radius 3 is 1.59 bits per heavy atom. The first kappa shape index (κ1) is 31.0. The number of hydrogen-bond donors (Lipinski definition) is 4. The van der Waals surface area contributed by atoms with E-state index in [0.29, 0.717) is 12.8 Å². The summed E-state index contributed by atoms with van der Waals surface area (Å²) in [6.07, 6.45) is 2.36. The van der Waals surface area contributed by atoms with Crippen molar-refractivity contribution in [2.24, 2.45) is 0 Å². The molecule has 8 heteroatoms. The van der Waals surface area contributed by atoms with Crippen LogP contribution < -0.4 is 0 Å². The summed E-state index contributed by atoms with van der Waals surface area (Å²) in [4.78, 5) is 41.0. The number of allylic oxidation sites excluding steroid dienone is 4. The van der Waals surface area contributed by atoms with Gasteiger partial charge < -0.3 is 20.2 Å². The number of aliphatic carboxylic acids is 2. The van der Waals surface area contributed by atoms with Gasteiger partial charge in [0.1, 0.15) is 0 Å². The molecule has 0 fully saturated rings. The maximum atomic E-state index is 11.7. The predicted octanol–water partition coefficient (Wildman–Crippen LogP) is 8.26. The zero-order valence-corrected chi connectivity index (χ0v) is 27.0. The largest absolute Gasteiger partial charge is 0.481 e. The molecule has 2 aliphatic rings. The smallest absolute Gasteiger partial charge is 0.303 e. The van der Waals surface area contributed by atoms with E-state index in [1.54, 1.807) is 0 Å². The van der Waals surface area contributed by atoms with Gasteiger partial charge in [-0.1, -0.05) is 13.8 Å². The number of carboxylic acids is 2. The van der Waals surface area contributed by atoms with Crippen LogP contribution in [-0.2, 0) is 22.4 Å². The van der Waals surface area contributed by atoms with Crippen LogP contribution in [0.1, 0.15) is 110 Å². The average molecular weight is 595 g/mol. The Labute approximate surface area is 258 Å². The van der Waals surface area contributed by atoms with Crippen molar-refractivity contribution in [3.8, 4) is 0 Å². The zero-order valence-electron chi connectivity index (χ0n) is 27.0. The number of nitrogens with one attached hydrogen (secondary N) is 2. The minimum absolute atomic E-state index is 0.0152. The van der Waals surface area contributed by atoms with E-state index in [1.807, 2.05) is 20.8 Å². The second-order valence-electron chi connectivity index (χ2n) is 12.0. The minimum atomic E-state index is -0.866. The molecule has 2 aliphatic heterocycles. The maximum Gasteiger partial charge on any atom is 0.303 e. The summed E-state index contributed by atoms with van der Waals surface area (Å²) in [5.41, 5.74) is 17.7. The molecule has 3 aromatic rings. The highest BCUT2D eigenvalue weighted by molar-refractivity contribution is 5.98. The van der Waals surface area contributed by atoms with Crippen LogP contribution in [0.3, 0.4) is 0 Å². The van der Waals surface area contributed by atoms with Gasteiger partial charge in [-0.2, -0.15) is 0 Å². The minimum Gasteiger partial charge on any atom is -0.481 e. The maximum absolute atomic E-state index is 11.7. The van der Waals surface area contributed by atoms with E-state index in [1.165, 1.54) is 22.3 Å². The van der Waals surface area contributed by atoms with E-state index in [9.17, 15) is 19.8 Å². The van der Waals surface area contributed by atoms with Gasteiger partial charge in [0.25, 0.3) is 0 Å². The van der Waals surface area contributed by atoms with Crippen molar-refractivity contribution in [3.63, 3.8) is 0 Å². The molecule has 0 radical (unpaired) electrons. The highest BCUT2D eigenvalue weighted by Crippen LogP contribution is 2.40. The van der Waals surface area contributed by atoms with Crippen molar-refractivity contribution in [1.29, 1.82) is 0 Å². The van der Waals surface area contributed by atoms with Gasteiger partial charge in [0.05, 0.1) is 22.8 Å². The van der Waals surface area contributed by atoms with Crippen molar-refractivity contribution in [1.82, 2.24) is 19.9 Å². The summed E-state index contributed by atoms with van der Waals surface area (Å²) < 4.78 is 0. The third-order valence-corrected chi connectivity index (χ3v) is 9.45. The summed E-state index contributed by atoms with van der Waals surface area (Å²) in [5.74, 6) is -1.73. The third-order valence-electron chi connectivity index (χ3n) is 9.45. The van der Waals surface area contributed by atoms with Crippen molar-refractivity contribution in [3.05, 3.63) is 68.3 Å². The Balaban J connectivity index is 2.00. The van der Waals surface area contributed by atoms with Gasteiger partial charge in [-0.3, -0.25) is 9.59 Å². The number of nitrogens with zero attached hydrogens (tertiary/aromatic N) is 2. The lowest BCUT2D eigenvalue weighted by atomic mass is 9.94. The van der Waals surface area contributed by atoms with E-state index in [0.717, 1.165) is 91.1 Å². The number of carbonyl (C=O) groups is 2. The van der Waals surface area contributed by atoms with E-state index in [-0.39, 0.29) is 12.8 Å². The molecule has 8 nitrogen and oxygen atoms in total. The van der Waals surface area contributed by atoms with Crippen LogP contribution in [0, 0.1) is 27.7 Å². The monoisotopic (exact) mass is 594 g/mol. The van der Waals surface area contributed by atoms with Crippen molar-refractivity contribution >= 4 is 56.3 Å². The fraction of sp³-hybridized carbons (Fsp3) is 0.389. The molecule has 0 spiro atoms. The third kappa shape index (κ3) is 5.27. The molecule has 3 aromatic heterocycles. The topological polar surface area (TPSA) is 132 Å². The Morgan fingerprint density at radius 2 is 1.11 bits per heavy atom. The van der Waals surface area contributed by atoms with E-state index in [2.05, 4.69) is 56.7 Å². The number of carboxylic acid groups (broad SMARTS) is 2. The van der Waals surface area contributed by atoms with E-state index < -0.39 is 11.9 Å². The fourth-order valence-electron chi connectivity index (χ4n) is 6.87. The number of hydrogen-bond acceptors (Lipinski definition) is 4. The molecule has 230 valence electrons. The van der Waals surface area contributed by atoms with Crippen LogP contribution >= 0.6 is 0 Å². The number of aromatic amines is 2. The normalized spacial score (nSPS) is 13.3. The van der Waals surface area contributed by atoms with Crippen molar-refractivity contribution < 1.29 is 19.8 Å². The van der Waals surface area contributed by atoms with Crippen molar-refractivity contribution in [2.45, 2.75) is 93.9 Å². The molecule has 5 heterocycles. The summed E-state index contributed by atoms with van der Waals surface area (Å²) in [7, 11) is 0. The van der Waals surface area contributed by atoms with Crippen LogP contribution in [0.2, 0.25) is 0 Å². The van der Waals surface area contributed by atoms with Crippen LogP contribution in [0.5, 0.6) is 0 Å². The van der Waals surface area contributed by atoms with Gasteiger partial charge in [-0.05, 0) is 129 Å². The lowest BCUT2D eigenvalue weighted by Gasteiger charge is -2.09. The van der Waals surface area contributed by atoms with Gasteiger partial charge in [0.15, 0.2) is 0 Å². The number of aryl methyl sites for hydroxylation is 5. The molecular formula is C36H42N4O4. The van der Waals surface area contributed by atoms with E-state index >= 15 is 0 Å². The van der Waals surface area contributed by atoms with Gasteiger partial charge in [-0.15, -0.1) is 0 Å². The Hall–Kier alpha value is -4.46. The molecule has 4 N–H and O–H groups in total. The molecule has 0 saturated heterocycles. The summed E-state index contributed by atoms with van der Waals surface area (Å²) in [6.45, 7) is 16.8. The van der Waals surface area contributed by atoms with Crippen LogP contribution in [0.25, 0.3) is 44.4 Å². The lowest BCUT2D eigenvalue weighted by Crippen LogP contribution is -1.99. The summed E-state index contributed by atoms with van der Waals surface area (Å²) in [5, 5.41) is 19.1. The Kier molecular flexibility index (Phi) is 8.38. The van der Waals surface area contributed by atoms with Gasteiger partial charge in [0, 0.05) is 40.5 Å². The van der Waals surface area contributed by atoms with Crippen LogP contribution in [0.4, 0.5) is 0 Å². The first-order valence-corrected chi connectivity index (χ1v) is 15.4. The first-order chi connectivity index (χ1) is 20.9. The number of aromatic nitrogens is 4. The first-order valence-electron chi connectivity index (χ1n) is 15.4. The summed E-state index contributed by atoms with van der Waals surface area (Å²) in [6, 6.07) is 4.16. The van der Waals surface area contributed by atoms with Crippen LogP contribution in [0.15, 0.2) is 12.1 Å². The molecule has 0 amide bonds. The second kappa shape index (κ2) is 11.9. The highest BCUT2D eigenvalue weighted by Gasteiger charge is 2.26. The number of fused-ring (bicyclic) bond motifs is 8. The predicted molar refractivity (Wildman–Crippen MR) is 177 cm³/mol. The zero-order chi connectivity index (χ0) is 32.0. The average Bonchev–Trinajstić information content (AvgIpc) is 3.67. The molecule has 0 aromatic carbocycles. The summed E-state index contributed by atoms with van der Waals surface area (Å²) >= 11 is 0. The molecular weight excluding hydrogens is 552 g/mol.